The van der Waals surface area contributed by atoms with Crippen LogP contribution in [0.4, 0.5) is 13.6 Å². The third kappa shape index (κ3) is 4.84. The van der Waals surface area contributed by atoms with Gasteiger partial charge in [-0.1, -0.05) is 26.0 Å². The topological polar surface area (TPSA) is 174 Å². The normalized spacial score (nSPS) is 22.1. The van der Waals surface area contributed by atoms with Crippen LogP contribution in [0, 0.1) is 11.6 Å². The fourth-order valence-electron chi connectivity index (χ4n) is 6.07. The Morgan fingerprint density at radius 1 is 1.20 bits per heavy atom. The van der Waals surface area contributed by atoms with E-state index in [4.69, 9.17) is 4.74 Å². The number of benzene rings is 1. The first-order valence-electron chi connectivity index (χ1n) is 13.9. The van der Waals surface area contributed by atoms with E-state index < -0.39 is 64.3 Å². The number of fused-ring (bicyclic) bond motifs is 1. The molecule has 3 unspecified atom stereocenters. The SMILES string of the molecule is CC1CN(C(=O)O)C(C)(c2nc(=O)[nH]c3nc(-c4c(O)cccc4F)c(F)cc23)C(OCCO)(c2cccnc2C(C)C)N1. The molecule has 44 heavy (non-hydrogen) atoms. The lowest BCUT2D eigenvalue weighted by atomic mass is 9.73. The molecule has 1 aromatic carbocycles. The van der Waals surface area contributed by atoms with Gasteiger partial charge in [0.15, 0.2) is 11.5 Å². The molecule has 0 spiro atoms. The van der Waals surface area contributed by atoms with Crippen molar-refractivity contribution < 1.29 is 33.6 Å². The van der Waals surface area contributed by atoms with Crippen molar-refractivity contribution in [3.8, 4) is 17.0 Å². The highest BCUT2D eigenvalue weighted by Crippen LogP contribution is 2.51. The Kier molecular flexibility index (Phi) is 8.09. The number of rotatable bonds is 7. The van der Waals surface area contributed by atoms with E-state index in [9.17, 15) is 29.3 Å². The van der Waals surface area contributed by atoms with Gasteiger partial charge in [0.1, 0.15) is 28.4 Å². The fourth-order valence-corrected chi connectivity index (χ4v) is 6.07. The molecule has 1 amide bonds. The van der Waals surface area contributed by atoms with Crippen molar-refractivity contribution >= 4 is 17.1 Å². The van der Waals surface area contributed by atoms with E-state index in [-0.39, 0.29) is 35.8 Å². The standard InChI is InChI=1S/C30H32F2N6O6/c1-15(2)23-18(7-6-10-33-23)30(44-12-11-39)29(4,38(28(42)43)14-16(3)37-30)25-17-13-20(32)24(34-26(17)36-27(41)35-25)22-19(31)8-5-9-21(22)40/h5-10,13,15-16,37,39-40H,11-12,14H2,1-4H3,(H,42,43)(H,34,35,36,41). The van der Waals surface area contributed by atoms with Gasteiger partial charge < -0.3 is 20.1 Å². The van der Waals surface area contributed by atoms with E-state index >= 15 is 4.39 Å². The lowest BCUT2D eigenvalue weighted by Gasteiger charge is -2.58. The van der Waals surface area contributed by atoms with Crippen LogP contribution in [0.1, 0.15) is 50.6 Å². The second kappa shape index (κ2) is 11.5. The third-order valence-electron chi connectivity index (χ3n) is 7.90. The first-order valence-corrected chi connectivity index (χ1v) is 13.9. The van der Waals surface area contributed by atoms with Crippen molar-refractivity contribution in [1.29, 1.82) is 0 Å². The largest absolute Gasteiger partial charge is 0.507 e. The smallest absolute Gasteiger partial charge is 0.408 e. The number of piperazine rings is 1. The first kappa shape index (κ1) is 30.9. The van der Waals surface area contributed by atoms with Crippen molar-refractivity contribution in [3.63, 3.8) is 0 Å². The molecule has 5 N–H and O–H groups in total. The number of aromatic amines is 1. The molecule has 0 aliphatic carbocycles. The average molecular weight is 611 g/mol. The average Bonchev–Trinajstić information content (AvgIpc) is 2.97. The van der Waals surface area contributed by atoms with E-state index in [0.29, 0.717) is 11.3 Å². The minimum Gasteiger partial charge on any atom is -0.507 e. The van der Waals surface area contributed by atoms with Gasteiger partial charge in [-0.15, -0.1) is 0 Å². The van der Waals surface area contributed by atoms with Crippen LogP contribution >= 0.6 is 0 Å². The minimum absolute atomic E-state index is 0.0968. The number of pyridine rings is 2. The second-order valence-corrected chi connectivity index (χ2v) is 11.1. The van der Waals surface area contributed by atoms with Crippen LogP contribution in [0.5, 0.6) is 5.75 Å². The molecule has 1 aliphatic rings. The molecule has 1 saturated heterocycles. The molecule has 5 rings (SSSR count). The molecule has 0 saturated carbocycles. The molecule has 3 aromatic heterocycles. The van der Waals surface area contributed by atoms with E-state index in [1.165, 1.54) is 13.0 Å². The van der Waals surface area contributed by atoms with Crippen LogP contribution in [0.3, 0.4) is 0 Å². The first-order chi connectivity index (χ1) is 20.9. The van der Waals surface area contributed by atoms with E-state index in [0.717, 1.165) is 23.1 Å². The van der Waals surface area contributed by atoms with Crippen LogP contribution < -0.4 is 11.0 Å². The van der Waals surface area contributed by atoms with Gasteiger partial charge in [0.2, 0.25) is 0 Å². The number of halogens is 2. The summed E-state index contributed by atoms with van der Waals surface area (Å²) in [7, 11) is 0. The quantitative estimate of drug-likeness (QED) is 0.208. The summed E-state index contributed by atoms with van der Waals surface area (Å²) in [6, 6.07) is 7.22. The maximum Gasteiger partial charge on any atom is 0.408 e. The Morgan fingerprint density at radius 3 is 2.61 bits per heavy atom. The molecule has 0 radical (unpaired) electrons. The lowest BCUT2D eigenvalue weighted by Crippen LogP contribution is -2.74. The molecule has 4 aromatic rings. The number of phenols is 1. The number of nitrogens with one attached hydrogen (secondary N) is 2. The van der Waals surface area contributed by atoms with Crippen molar-refractivity contribution in [1.82, 2.24) is 30.2 Å². The zero-order valence-electron chi connectivity index (χ0n) is 24.4. The number of aromatic hydroxyl groups is 1. The second-order valence-electron chi connectivity index (χ2n) is 11.1. The van der Waals surface area contributed by atoms with E-state index in [1.54, 1.807) is 25.3 Å². The number of hydrogen-bond acceptors (Lipinski definition) is 9. The van der Waals surface area contributed by atoms with Gasteiger partial charge in [0.25, 0.3) is 0 Å². The summed E-state index contributed by atoms with van der Waals surface area (Å²) in [5, 5.41) is 34.1. The number of aromatic nitrogens is 4. The number of nitrogens with zero attached hydrogens (tertiary/aromatic N) is 4. The summed E-state index contributed by atoms with van der Waals surface area (Å²) in [5.74, 6) is -2.77. The van der Waals surface area contributed by atoms with Gasteiger partial charge in [-0.3, -0.25) is 20.2 Å². The molecule has 1 fully saturated rings. The highest BCUT2D eigenvalue weighted by Gasteiger charge is 2.63. The van der Waals surface area contributed by atoms with Gasteiger partial charge in [0.05, 0.1) is 30.2 Å². The van der Waals surface area contributed by atoms with Crippen molar-refractivity contribution in [2.45, 2.75) is 50.9 Å². The minimum atomic E-state index is -1.92. The summed E-state index contributed by atoms with van der Waals surface area (Å²) in [6.07, 6.45) is 0.195. The Hall–Kier alpha value is -4.53. The van der Waals surface area contributed by atoms with Crippen LogP contribution in [0.25, 0.3) is 22.3 Å². The number of amides is 1. The predicted molar refractivity (Wildman–Crippen MR) is 155 cm³/mol. The summed E-state index contributed by atoms with van der Waals surface area (Å²) < 4.78 is 37.0. The number of ether oxygens (including phenoxy) is 1. The summed E-state index contributed by atoms with van der Waals surface area (Å²) >= 11 is 0. The van der Waals surface area contributed by atoms with Crippen LogP contribution in [-0.4, -0.2) is 72.0 Å². The Balaban J connectivity index is 1.91. The number of phenolic OH excluding ortho intramolecular Hbond substituents is 1. The zero-order chi connectivity index (χ0) is 32.0. The molecule has 232 valence electrons. The molecule has 12 nitrogen and oxygen atoms in total. The summed E-state index contributed by atoms with van der Waals surface area (Å²) in [4.78, 5) is 42.5. The maximum atomic E-state index is 15.9. The fraction of sp³-hybridized carbons (Fsp3) is 0.367. The van der Waals surface area contributed by atoms with Crippen LogP contribution in [0.2, 0.25) is 0 Å². The predicted octanol–water partition coefficient (Wildman–Crippen LogP) is 3.54. The Labute approximate surface area is 250 Å². The molecule has 4 heterocycles. The van der Waals surface area contributed by atoms with Crippen LogP contribution in [-0.2, 0) is 16.0 Å². The zero-order valence-corrected chi connectivity index (χ0v) is 24.4. The summed E-state index contributed by atoms with van der Waals surface area (Å²) in [5.41, 5.74) is -5.29. The third-order valence-corrected chi connectivity index (χ3v) is 7.90. The molecule has 3 atom stereocenters. The number of aliphatic hydroxyl groups is 1. The van der Waals surface area contributed by atoms with Crippen molar-refractivity contribution in [2.75, 3.05) is 19.8 Å². The maximum absolute atomic E-state index is 15.9. The summed E-state index contributed by atoms with van der Waals surface area (Å²) in [6.45, 7) is 6.22. The van der Waals surface area contributed by atoms with Gasteiger partial charge in [-0.05, 0) is 44.0 Å². The Bertz CT molecular complexity index is 1780. The number of carbonyl (C=O) groups is 1. The van der Waals surface area contributed by atoms with Gasteiger partial charge in [-0.25, -0.2) is 23.4 Å². The number of hydrogen-bond donors (Lipinski definition) is 5. The van der Waals surface area contributed by atoms with Crippen LogP contribution in [0.15, 0.2) is 47.4 Å². The van der Waals surface area contributed by atoms with Crippen molar-refractivity contribution in [3.05, 3.63) is 81.7 Å². The highest BCUT2D eigenvalue weighted by molar-refractivity contribution is 5.83. The molecule has 1 aliphatic heterocycles. The number of aliphatic hydroxyl groups excluding tert-OH is 1. The van der Waals surface area contributed by atoms with Gasteiger partial charge in [-0.2, -0.15) is 4.98 Å². The Morgan fingerprint density at radius 2 is 1.95 bits per heavy atom. The van der Waals surface area contributed by atoms with E-state index in [2.05, 4.69) is 25.3 Å². The monoisotopic (exact) mass is 610 g/mol. The molecular formula is C30H32F2N6O6. The molecule has 0 bridgehead atoms. The number of carboxylic acid groups (broad SMARTS) is 1. The van der Waals surface area contributed by atoms with Gasteiger partial charge >= 0.3 is 11.8 Å². The highest BCUT2D eigenvalue weighted by atomic mass is 19.1. The van der Waals surface area contributed by atoms with E-state index in [1.807, 2.05) is 13.8 Å². The lowest BCUT2D eigenvalue weighted by molar-refractivity contribution is -0.204. The van der Waals surface area contributed by atoms with Gasteiger partial charge in [0, 0.05) is 29.7 Å². The molecular weight excluding hydrogens is 578 g/mol. The number of H-pyrrole nitrogens is 1. The van der Waals surface area contributed by atoms with Crippen molar-refractivity contribution in [2.24, 2.45) is 0 Å². The molecule has 14 heteroatoms.